The Hall–Kier alpha value is -4.72. The number of phenolic OH excluding ortho intramolecular Hbond substituents is 1. The molecule has 0 radical (unpaired) electrons. The zero-order valence-electron chi connectivity index (χ0n) is 25.6. The van der Waals surface area contributed by atoms with Crippen molar-refractivity contribution in [3.63, 3.8) is 0 Å². The lowest BCUT2D eigenvalue weighted by Crippen LogP contribution is -2.53. The maximum absolute atomic E-state index is 16.8. The predicted octanol–water partition coefficient (Wildman–Crippen LogP) is 4.09. The van der Waals surface area contributed by atoms with E-state index in [0.29, 0.717) is 42.3 Å². The maximum Gasteiger partial charge on any atom is 0.324 e. The fourth-order valence-corrected chi connectivity index (χ4v) is 7.90. The van der Waals surface area contributed by atoms with Gasteiger partial charge in [-0.05, 0) is 60.3 Å². The standard InChI is InChI=1S/C33H32F3N7O4/c1-2-20-23(35)5-4-17-10-19(44)11-21(25(17)20)27-26(36)28-22(13-37-27)29(41-8-9-43-24(15-41)30(45)40-32(43)46)39-31(38-28)47-16-33-6-3-7-42(33)14-18(34)12-33/h4-5,10-11,13,18,24,44H,2-3,6-9,12,14-16H2,1H3,(H,40,45,46)/t18-,24?,33+/m1/s1. The molecule has 4 fully saturated rings. The van der Waals surface area contributed by atoms with Crippen molar-refractivity contribution in [2.24, 2.45) is 0 Å². The number of imide groups is 1. The molecule has 244 valence electrons. The van der Waals surface area contributed by atoms with Crippen molar-refractivity contribution in [3.05, 3.63) is 47.7 Å². The van der Waals surface area contributed by atoms with E-state index in [1.807, 2.05) is 0 Å². The van der Waals surface area contributed by atoms with Gasteiger partial charge in [-0.25, -0.2) is 18.0 Å². The molecule has 2 N–H and O–H groups in total. The number of fused-ring (bicyclic) bond motifs is 4. The average Bonchev–Trinajstić information content (AvgIpc) is 3.68. The van der Waals surface area contributed by atoms with Gasteiger partial charge in [-0.3, -0.25) is 20.0 Å². The number of carbonyl (C=O) groups is 2. The molecule has 4 aromatic rings. The SMILES string of the molecule is CCc1c(F)ccc2cc(O)cc(-c3ncc4c(N5CCN6C(=O)NC(=O)C6C5)nc(OC[C@@]56CCCN5C[C@H](F)C6)nc4c3F)c12. The topological polar surface area (TPSA) is 124 Å². The number of hydrogen-bond acceptors (Lipinski definition) is 9. The number of rotatable bonds is 6. The summed E-state index contributed by atoms with van der Waals surface area (Å²) >= 11 is 0. The number of alkyl halides is 1. The molecule has 4 saturated heterocycles. The lowest BCUT2D eigenvalue weighted by Gasteiger charge is -2.36. The van der Waals surface area contributed by atoms with Gasteiger partial charge in [0.25, 0.3) is 5.91 Å². The molecule has 0 spiro atoms. The van der Waals surface area contributed by atoms with E-state index < -0.39 is 41.3 Å². The molecule has 0 saturated carbocycles. The van der Waals surface area contributed by atoms with Gasteiger partial charge in [0.15, 0.2) is 5.82 Å². The Labute approximate surface area is 267 Å². The number of urea groups is 1. The molecule has 47 heavy (non-hydrogen) atoms. The predicted molar refractivity (Wildman–Crippen MR) is 166 cm³/mol. The molecule has 14 heteroatoms. The summed E-state index contributed by atoms with van der Waals surface area (Å²) < 4.78 is 52.4. The van der Waals surface area contributed by atoms with Crippen LogP contribution in [-0.2, 0) is 11.2 Å². The van der Waals surface area contributed by atoms with Crippen LogP contribution in [0.15, 0.2) is 30.5 Å². The van der Waals surface area contributed by atoms with E-state index in [4.69, 9.17) is 4.74 Å². The maximum atomic E-state index is 16.8. The van der Waals surface area contributed by atoms with E-state index in [1.54, 1.807) is 11.8 Å². The number of piperazine rings is 1. The number of hydrogen-bond donors (Lipinski definition) is 2. The highest BCUT2D eigenvalue weighted by Crippen LogP contribution is 2.42. The molecule has 1 unspecified atom stereocenters. The summed E-state index contributed by atoms with van der Waals surface area (Å²) in [5.41, 5.74) is -0.206. The minimum absolute atomic E-state index is 0.101. The number of aromatic hydroxyl groups is 1. The number of anilines is 1. The number of pyridine rings is 1. The third-order valence-corrected chi connectivity index (χ3v) is 10.1. The Morgan fingerprint density at radius 3 is 2.81 bits per heavy atom. The van der Waals surface area contributed by atoms with Gasteiger partial charge < -0.3 is 19.6 Å². The molecule has 0 aliphatic carbocycles. The second-order valence-corrected chi connectivity index (χ2v) is 12.8. The number of carbonyl (C=O) groups excluding carboxylic acids is 2. The van der Waals surface area contributed by atoms with Crippen LogP contribution in [0.2, 0.25) is 0 Å². The van der Waals surface area contributed by atoms with Crippen LogP contribution in [-0.4, -0.2) is 98.9 Å². The fraction of sp³-hybridized carbons (Fsp3) is 0.424. The van der Waals surface area contributed by atoms with Gasteiger partial charge in [-0.15, -0.1) is 0 Å². The summed E-state index contributed by atoms with van der Waals surface area (Å²) in [4.78, 5) is 43.8. The number of nitrogens with one attached hydrogen (secondary N) is 1. The van der Waals surface area contributed by atoms with Crippen LogP contribution in [0.25, 0.3) is 32.9 Å². The Balaban J connectivity index is 1.26. The molecule has 0 bridgehead atoms. The number of aromatic nitrogens is 3. The number of phenols is 1. The normalized spacial score (nSPS) is 24.3. The van der Waals surface area contributed by atoms with Gasteiger partial charge in [0.1, 0.15) is 47.4 Å². The van der Waals surface area contributed by atoms with E-state index in [0.717, 1.165) is 19.4 Å². The monoisotopic (exact) mass is 647 g/mol. The van der Waals surface area contributed by atoms with Crippen LogP contribution in [0.3, 0.4) is 0 Å². The number of benzene rings is 2. The molecule has 8 rings (SSSR count). The molecule has 3 atom stereocenters. The van der Waals surface area contributed by atoms with Crippen LogP contribution < -0.4 is 15.0 Å². The average molecular weight is 648 g/mol. The molecule has 3 amide bonds. The highest BCUT2D eigenvalue weighted by Gasteiger charge is 2.49. The molecule has 6 heterocycles. The third-order valence-electron chi connectivity index (χ3n) is 10.1. The van der Waals surface area contributed by atoms with E-state index in [1.165, 1.54) is 35.4 Å². The van der Waals surface area contributed by atoms with Gasteiger partial charge >= 0.3 is 12.0 Å². The highest BCUT2D eigenvalue weighted by atomic mass is 19.1. The van der Waals surface area contributed by atoms with Crippen molar-refractivity contribution in [1.29, 1.82) is 0 Å². The quantitative estimate of drug-likeness (QED) is 0.298. The molecule has 11 nitrogen and oxygen atoms in total. The smallest absolute Gasteiger partial charge is 0.324 e. The molecule has 2 aromatic heterocycles. The Morgan fingerprint density at radius 2 is 1.98 bits per heavy atom. The summed E-state index contributed by atoms with van der Waals surface area (Å²) in [6.45, 7) is 3.63. The van der Waals surface area contributed by atoms with Crippen molar-refractivity contribution in [3.8, 4) is 23.0 Å². The molecular formula is C33H32F3N7O4. The van der Waals surface area contributed by atoms with Crippen LogP contribution in [0.5, 0.6) is 11.8 Å². The second-order valence-electron chi connectivity index (χ2n) is 12.8. The summed E-state index contributed by atoms with van der Waals surface area (Å²) in [6.07, 6.45) is 2.76. The van der Waals surface area contributed by atoms with E-state index in [2.05, 4.69) is 25.2 Å². The first-order chi connectivity index (χ1) is 22.7. The largest absolute Gasteiger partial charge is 0.508 e. The third kappa shape index (κ3) is 4.71. The van der Waals surface area contributed by atoms with Crippen LogP contribution >= 0.6 is 0 Å². The number of halogens is 3. The zero-order chi connectivity index (χ0) is 32.6. The van der Waals surface area contributed by atoms with E-state index >= 15 is 4.39 Å². The zero-order valence-corrected chi connectivity index (χ0v) is 25.6. The van der Waals surface area contributed by atoms with Gasteiger partial charge in [0.2, 0.25) is 0 Å². The first-order valence-electron chi connectivity index (χ1n) is 15.8. The molecule has 2 aromatic carbocycles. The van der Waals surface area contributed by atoms with Crippen molar-refractivity contribution in [2.75, 3.05) is 44.2 Å². The molecule has 4 aliphatic rings. The number of ether oxygens (including phenoxy) is 1. The lowest BCUT2D eigenvalue weighted by atomic mass is 9.94. The Kier molecular flexibility index (Phi) is 6.90. The van der Waals surface area contributed by atoms with Crippen molar-refractivity contribution in [1.82, 2.24) is 30.1 Å². The number of nitrogens with zero attached hydrogens (tertiary/aromatic N) is 6. The van der Waals surface area contributed by atoms with Crippen molar-refractivity contribution < 1.29 is 32.6 Å². The lowest BCUT2D eigenvalue weighted by molar-refractivity contribution is -0.121. The minimum Gasteiger partial charge on any atom is -0.508 e. The summed E-state index contributed by atoms with van der Waals surface area (Å²) in [5.74, 6) is -1.58. The summed E-state index contributed by atoms with van der Waals surface area (Å²) in [5, 5.41) is 14.1. The second kappa shape index (κ2) is 10.9. The first kappa shape index (κ1) is 29.7. The van der Waals surface area contributed by atoms with Crippen LogP contribution in [0, 0.1) is 11.6 Å². The highest BCUT2D eigenvalue weighted by molar-refractivity contribution is 6.05. The summed E-state index contributed by atoms with van der Waals surface area (Å²) in [7, 11) is 0. The van der Waals surface area contributed by atoms with Gasteiger partial charge in [-0.2, -0.15) is 9.97 Å². The Bertz CT molecular complexity index is 1980. The van der Waals surface area contributed by atoms with Gasteiger partial charge in [0.05, 0.1) is 10.9 Å². The molecular weight excluding hydrogens is 615 g/mol. The van der Waals surface area contributed by atoms with Gasteiger partial charge in [-0.1, -0.05) is 13.0 Å². The van der Waals surface area contributed by atoms with Crippen LogP contribution in [0.4, 0.5) is 23.8 Å². The molecule has 4 aliphatic heterocycles. The number of amides is 3. The summed E-state index contributed by atoms with van der Waals surface area (Å²) in [6, 6.07) is 4.35. The first-order valence-corrected chi connectivity index (χ1v) is 15.8. The Morgan fingerprint density at radius 1 is 1.13 bits per heavy atom. The van der Waals surface area contributed by atoms with E-state index in [-0.39, 0.29) is 59.4 Å². The van der Waals surface area contributed by atoms with Gasteiger partial charge in [0, 0.05) is 44.4 Å². The fourth-order valence-electron chi connectivity index (χ4n) is 7.90. The van der Waals surface area contributed by atoms with Crippen molar-refractivity contribution >= 4 is 39.4 Å². The number of aryl methyl sites for hydroxylation is 1. The van der Waals surface area contributed by atoms with E-state index in [9.17, 15) is 23.5 Å². The van der Waals surface area contributed by atoms with Crippen LogP contribution in [0.1, 0.15) is 31.7 Å². The van der Waals surface area contributed by atoms with Crippen molar-refractivity contribution in [2.45, 2.75) is 50.4 Å². The minimum atomic E-state index is -0.968.